The second kappa shape index (κ2) is 10.1. The molecule has 1 amide bonds. The van der Waals surface area contributed by atoms with Gasteiger partial charge in [0.1, 0.15) is 5.75 Å². The predicted molar refractivity (Wildman–Crippen MR) is 127 cm³/mol. The molecule has 1 atom stereocenters. The molecule has 3 aromatic rings. The van der Waals surface area contributed by atoms with E-state index >= 15 is 0 Å². The van der Waals surface area contributed by atoms with Gasteiger partial charge in [-0.3, -0.25) is 9.36 Å². The molecule has 0 aliphatic heterocycles. The van der Waals surface area contributed by atoms with Gasteiger partial charge in [-0.15, -0.1) is 0 Å². The number of fused-ring (bicyclic) bond motifs is 1. The van der Waals surface area contributed by atoms with Crippen molar-refractivity contribution in [3.8, 4) is 11.4 Å². The van der Waals surface area contributed by atoms with E-state index in [-0.39, 0.29) is 11.2 Å². The van der Waals surface area contributed by atoms with Crippen LogP contribution in [0.25, 0.3) is 16.7 Å². The maximum Gasteiger partial charge on any atom is 0.233 e. The number of allylic oxidation sites excluding steroid dienone is 1. The molecule has 0 unspecified atom stereocenters. The third kappa shape index (κ3) is 5.13. The first-order chi connectivity index (χ1) is 15.2. The van der Waals surface area contributed by atoms with E-state index in [1.165, 1.54) is 43.0 Å². The Labute approximate surface area is 187 Å². The third-order valence-corrected chi connectivity index (χ3v) is 6.69. The number of amides is 1. The molecule has 1 aromatic heterocycles. The molecular formula is C25H29N3O2S. The van der Waals surface area contributed by atoms with Crippen LogP contribution in [0.3, 0.4) is 0 Å². The van der Waals surface area contributed by atoms with Gasteiger partial charge >= 0.3 is 0 Å². The molecule has 0 fully saturated rings. The molecule has 6 heteroatoms. The van der Waals surface area contributed by atoms with E-state index < -0.39 is 0 Å². The van der Waals surface area contributed by atoms with Crippen molar-refractivity contribution in [2.75, 3.05) is 13.7 Å². The lowest BCUT2D eigenvalue weighted by molar-refractivity contribution is -0.120. The van der Waals surface area contributed by atoms with Gasteiger partial charge in [-0.2, -0.15) is 0 Å². The summed E-state index contributed by atoms with van der Waals surface area (Å²) in [6.45, 7) is 2.64. The van der Waals surface area contributed by atoms with Crippen LogP contribution in [0.15, 0.2) is 65.3 Å². The number of methoxy groups -OCH3 is 1. The number of imidazole rings is 1. The average molecular weight is 436 g/mol. The Balaban J connectivity index is 1.49. The number of rotatable bonds is 8. The Morgan fingerprint density at radius 1 is 1.19 bits per heavy atom. The summed E-state index contributed by atoms with van der Waals surface area (Å²) in [5.41, 5.74) is 4.41. The molecule has 1 heterocycles. The highest BCUT2D eigenvalue weighted by Gasteiger charge is 2.20. The van der Waals surface area contributed by atoms with E-state index in [1.807, 2.05) is 49.4 Å². The largest absolute Gasteiger partial charge is 0.497 e. The lowest BCUT2D eigenvalue weighted by Gasteiger charge is -2.15. The molecule has 1 aliphatic rings. The van der Waals surface area contributed by atoms with Gasteiger partial charge in [-0.1, -0.05) is 35.5 Å². The van der Waals surface area contributed by atoms with Crippen LogP contribution in [0.4, 0.5) is 0 Å². The van der Waals surface area contributed by atoms with Crippen LogP contribution in [-0.4, -0.2) is 34.4 Å². The predicted octanol–water partition coefficient (Wildman–Crippen LogP) is 5.52. The highest BCUT2D eigenvalue weighted by Crippen LogP contribution is 2.31. The number of carbonyl (C=O) groups is 1. The van der Waals surface area contributed by atoms with Gasteiger partial charge in [-0.05, 0) is 75.4 Å². The minimum Gasteiger partial charge on any atom is -0.497 e. The Bertz CT molecular complexity index is 1070. The van der Waals surface area contributed by atoms with Crippen molar-refractivity contribution in [2.45, 2.75) is 49.4 Å². The summed E-state index contributed by atoms with van der Waals surface area (Å²) in [7, 11) is 1.66. The third-order valence-electron chi connectivity index (χ3n) is 5.64. The van der Waals surface area contributed by atoms with Gasteiger partial charge in [0.25, 0.3) is 0 Å². The summed E-state index contributed by atoms with van der Waals surface area (Å²) in [6.07, 6.45) is 8.20. The van der Waals surface area contributed by atoms with Gasteiger partial charge in [0, 0.05) is 12.2 Å². The van der Waals surface area contributed by atoms with Gasteiger partial charge in [-0.25, -0.2) is 4.98 Å². The van der Waals surface area contributed by atoms with E-state index in [0.29, 0.717) is 6.54 Å². The molecule has 0 radical (unpaired) electrons. The lowest BCUT2D eigenvalue weighted by atomic mass is 9.97. The Morgan fingerprint density at radius 3 is 2.74 bits per heavy atom. The number of benzene rings is 2. The van der Waals surface area contributed by atoms with Crippen molar-refractivity contribution < 1.29 is 9.53 Å². The highest BCUT2D eigenvalue weighted by atomic mass is 32.2. The van der Waals surface area contributed by atoms with Crippen LogP contribution >= 0.6 is 11.8 Å². The quantitative estimate of drug-likeness (QED) is 0.374. The molecule has 1 N–H and O–H groups in total. The molecule has 162 valence electrons. The second-order valence-corrected chi connectivity index (χ2v) is 9.13. The second-order valence-electron chi connectivity index (χ2n) is 7.83. The van der Waals surface area contributed by atoms with E-state index in [9.17, 15) is 4.79 Å². The number of carbonyl (C=O) groups excluding carboxylic acids is 1. The molecule has 0 saturated carbocycles. The number of ether oxygens (including phenoxy) is 1. The van der Waals surface area contributed by atoms with Crippen LogP contribution in [0.2, 0.25) is 0 Å². The van der Waals surface area contributed by atoms with Gasteiger partial charge in [0.2, 0.25) is 5.91 Å². The Morgan fingerprint density at radius 2 is 2.00 bits per heavy atom. The minimum absolute atomic E-state index is 0.0507. The Kier molecular flexibility index (Phi) is 6.97. The first-order valence-corrected chi connectivity index (χ1v) is 11.8. The molecule has 31 heavy (non-hydrogen) atoms. The van der Waals surface area contributed by atoms with Gasteiger partial charge in [0.05, 0.1) is 23.4 Å². The lowest BCUT2D eigenvalue weighted by Crippen LogP contribution is -2.32. The highest BCUT2D eigenvalue weighted by molar-refractivity contribution is 8.00. The minimum atomic E-state index is -0.242. The smallest absolute Gasteiger partial charge is 0.233 e. The standard InChI is InChI=1S/C25H29N3O2S/c1-18(24(29)26-17-16-19-8-4-3-5-9-19)31-25-27-22-10-6-7-11-23(22)28(25)20-12-14-21(30-2)15-13-20/h6-8,10-15,18H,3-5,9,16-17H2,1-2H3,(H,26,29)/t18-/m0/s1. The van der Waals surface area contributed by atoms with E-state index in [4.69, 9.17) is 9.72 Å². The maximum atomic E-state index is 12.7. The fourth-order valence-electron chi connectivity index (χ4n) is 3.90. The SMILES string of the molecule is COc1ccc(-n2c(S[C@@H](C)C(=O)NCCC3=CCCCC3)nc3ccccc32)cc1. The van der Waals surface area contributed by atoms with Crippen molar-refractivity contribution in [2.24, 2.45) is 0 Å². The molecule has 1 aliphatic carbocycles. The topological polar surface area (TPSA) is 56.1 Å². The number of hydrogen-bond donors (Lipinski definition) is 1. The van der Waals surface area contributed by atoms with Crippen LogP contribution in [0, 0.1) is 0 Å². The summed E-state index contributed by atoms with van der Waals surface area (Å²) in [5.74, 6) is 0.859. The summed E-state index contributed by atoms with van der Waals surface area (Å²) in [5, 5.41) is 3.67. The average Bonchev–Trinajstić information content (AvgIpc) is 3.17. The van der Waals surface area contributed by atoms with Crippen LogP contribution in [0.5, 0.6) is 5.75 Å². The number of aromatic nitrogens is 2. The van der Waals surface area contributed by atoms with Gasteiger partial charge < -0.3 is 10.1 Å². The van der Waals surface area contributed by atoms with Crippen LogP contribution < -0.4 is 10.1 Å². The number of hydrogen-bond acceptors (Lipinski definition) is 4. The first kappa shape index (κ1) is 21.5. The zero-order chi connectivity index (χ0) is 21.6. The number of nitrogens with zero attached hydrogens (tertiary/aromatic N) is 2. The fourth-order valence-corrected chi connectivity index (χ4v) is 4.86. The molecule has 5 nitrogen and oxygen atoms in total. The van der Waals surface area contributed by atoms with E-state index in [2.05, 4.69) is 22.0 Å². The zero-order valence-corrected chi connectivity index (χ0v) is 19.0. The molecule has 0 saturated heterocycles. The number of para-hydroxylation sites is 2. The first-order valence-electron chi connectivity index (χ1n) is 10.9. The molecule has 0 spiro atoms. The summed E-state index contributed by atoms with van der Waals surface area (Å²) in [6, 6.07) is 16.0. The van der Waals surface area contributed by atoms with Crippen molar-refractivity contribution in [1.82, 2.24) is 14.9 Å². The molecule has 4 rings (SSSR count). The number of nitrogens with one attached hydrogen (secondary N) is 1. The summed E-state index contributed by atoms with van der Waals surface area (Å²) < 4.78 is 7.40. The normalized spacial score (nSPS) is 14.8. The molecular weight excluding hydrogens is 406 g/mol. The fraction of sp³-hybridized carbons (Fsp3) is 0.360. The van der Waals surface area contributed by atoms with Crippen LogP contribution in [0.1, 0.15) is 39.0 Å². The summed E-state index contributed by atoms with van der Waals surface area (Å²) >= 11 is 1.49. The van der Waals surface area contributed by atoms with Crippen molar-refractivity contribution >= 4 is 28.7 Å². The summed E-state index contributed by atoms with van der Waals surface area (Å²) in [4.78, 5) is 17.5. The molecule has 0 bridgehead atoms. The van der Waals surface area contributed by atoms with Crippen molar-refractivity contribution in [1.29, 1.82) is 0 Å². The maximum absolute atomic E-state index is 12.7. The monoisotopic (exact) mass is 435 g/mol. The number of thioether (sulfide) groups is 1. The Hall–Kier alpha value is -2.73. The van der Waals surface area contributed by atoms with Crippen LogP contribution in [-0.2, 0) is 4.79 Å². The molecule has 2 aromatic carbocycles. The van der Waals surface area contributed by atoms with E-state index in [1.54, 1.807) is 7.11 Å². The zero-order valence-electron chi connectivity index (χ0n) is 18.1. The van der Waals surface area contributed by atoms with Crippen molar-refractivity contribution in [3.63, 3.8) is 0 Å². The van der Waals surface area contributed by atoms with Gasteiger partial charge in [0.15, 0.2) is 5.16 Å². The van der Waals surface area contributed by atoms with E-state index in [0.717, 1.165) is 34.0 Å². The van der Waals surface area contributed by atoms with Crippen molar-refractivity contribution in [3.05, 3.63) is 60.2 Å².